The fraction of sp³-hybridized carbons (Fsp3) is 0.571. The Morgan fingerprint density at radius 2 is 2.30 bits per heavy atom. The highest BCUT2D eigenvalue weighted by Crippen LogP contribution is 2.20. The predicted octanol–water partition coefficient (Wildman–Crippen LogP) is 1.75. The average molecular weight is 298 g/mol. The summed E-state index contributed by atoms with van der Waals surface area (Å²) in [6.07, 6.45) is 4.45. The predicted molar refractivity (Wildman–Crippen MR) is 78.8 cm³/mol. The van der Waals surface area contributed by atoms with Gasteiger partial charge in [0, 0.05) is 30.4 Å². The minimum atomic E-state index is -0.592. The van der Waals surface area contributed by atoms with E-state index in [0.717, 1.165) is 31.5 Å². The molecule has 1 fully saturated rings. The maximum Gasteiger partial charge on any atom is 0.175 e. The summed E-state index contributed by atoms with van der Waals surface area (Å²) < 4.78 is 0. The molecule has 0 aromatic carbocycles. The topological polar surface area (TPSA) is 66.7 Å². The van der Waals surface area contributed by atoms with E-state index in [1.807, 2.05) is 0 Å². The fourth-order valence-corrected chi connectivity index (χ4v) is 2.54. The fourth-order valence-electron chi connectivity index (χ4n) is 2.38. The van der Waals surface area contributed by atoms with E-state index in [9.17, 15) is 5.11 Å². The van der Waals surface area contributed by atoms with E-state index in [1.54, 1.807) is 31.5 Å². The van der Waals surface area contributed by atoms with Crippen molar-refractivity contribution in [3.05, 3.63) is 30.1 Å². The maximum atomic E-state index is 9.87. The number of aromatic nitrogens is 1. The van der Waals surface area contributed by atoms with Crippen LogP contribution in [0.5, 0.6) is 0 Å². The quantitative estimate of drug-likeness (QED) is 0.642. The lowest BCUT2D eigenvalue weighted by Gasteiger charge is -2.30. The lowest BCUT2D eigenvalue weighted by atomic mass is 9.91. The Bertz CT molecular complexity index is 433. The van der Waals surface area contributed by atoms with Crippen LogP contribution in [0, 0.1) is 5.92 Å². The van der Waals surface area contributed by atoms with E-state index in [2.05, 4.69) is 15.5 Å². The van der Waals surface area contributed by atoms with Crippen LogP contribution >= 0.6 is 11.6 Å². The van der Waals surface area contributed by atoms with Crippen molar-refractivity contribution in [2.24, 2.45) is 11.1 Å². The van der Waals surface area contributed by atoms with Gasteiger partial charge in [0.25, 0.3) is 0 Å². The summed E-state index contributed by atoms with van der Waals surface area (Å²) in [6, 6.07) is 3.52. The van der Waals surface area contributed by atoms with Gasteiger partial charge in [0.2, 0.25) is 0 Å². The van der Waals surface area contributed by atoms with Gasteiger partial charge in [0.15, 0.2) is 11.3 Å². The van der Waals surface area contributed by atoms with Crippen LogP contribution in [0.25, 0.3) is 0 Å². The molecule has 0 spiro atoms. The Morgan fingerprint density at radius 3 is 2.90 bits per heavy atom. The summed E-state index contributed by atoms with van der Waals surface area (Å²) in [5, 5.41) is 17.4. The van der Waals surface area contributed by atoms with E-state index in [-0.39, 0.29) is 17.2 Å². The molecule has 1 aliphatic heterocycles. The zero-order valence-corrected chi connectivity index (χ0v) is 12.3. The first-order chi connectivity index (χ1) is 9.68. The molecule has 20 heavy (non-hydrogen) atoms. The molecule has 0 saturated carbocycles. The second kappa shape index (κ2) is 7.57. The van der Waals surface area contributed by atoms with Gasteiger partial charge < -0.3 is 15.3 Å². The summed E-state index contributed by atoms with van der Waals surface area (Å²) in [4.78, 5) is 9.43. The van der Waals surface area contributed by atoms with Crippen LogP contribution in [0.3, 0.4) is 0 Å². The molecule has 3 atom stereocenters. The SMILES string of the molecule is CC(O)C(ON=C(Cl)c1ccncc1)C1CCCNC1. The molecule has 5 nitrogen and oxygen atoms in total. The monoisotopic (exact) mass is 297 g/mol. The van der Waals surface area contributed by atoms with Crippen LogP contribution < -0.4 is 5.32 Å². The molecule has 3 unspecified atom stereocenters. The van der Waals surface area contributed by atoms with Gasteiger partial charge in [0.1, 0.15) is 0 Å². The highest BCUT2D eigenvalue weighted by atomic mass is 35.5. The van der Waals surface area contributed by atoms with E-state index >= 15 is 0 Å². The summed E-state index contributed by atoms with van der Waals surface area (Å²) in [5.74, 6) is 0.245. The Morgan fingerprint density at radius 1 is 1.55 bits per heavy atom. The van der Waals surface area contributed by atoms with Gasteiger partial charge in [-0.05, 0) is 38.4 Å². The van der Waals surface area contributed by atoms with Crippen LogP contribution in [0.1, 0.15) is 25.3 Å². The smallest absolute Gasteiger partial charge is 0.175 e. The minimum Gasteiger partial charge on any atom is -0.389 e. The van der Waals surface area contributed by atoms with Crippen molar-refractivity contribution in [2.75, 3.05) is 13.1 Å². The number of hydrogen-bond acceptors (Lipinski definition) is 5. The van der Waals surface area contributed by atoms with Crippen molar-refractivity contribution < 1.29 is 9.94 Å². The number of nitrogens with zero attached hydrogens (tertiary/aromatic N) is 2. The number of hydrogen-bond donors (Lipinski definition) is 2. The number of oxime groups is 1. The van der Waals surface area contributed by atoms with Crippen LogP contribution in [0.15, 0.2) is 29.7 Å². The van der Waals surface area contributed by atoms with Gasteiger partial charge in [0.05, 0.1) is 6.10 Å². The van der Waals surface area contributed by atoms with Crippen molar-refractivity contribution in [3.63, 3.8) is 0 Å². The molecular formula is C14H20ClN3O2. The number of aliphatic hydroxyl groups excluding tert-OH is 1. The molecule has 0 aliphatic carbocycles. The molecule has 0 radical (unpaired) electrons. The number of piperidine rings is 1. The number of rotatable bonds is 5. The minimum absolute atomic E-state index is 0.245. The average Bonchev–Trinajstić information content (AvgIpc) is 2.49. The second-order valence-electron chi connectivity index (χ2n) is 5.04. The molecule has 110 valence electrons. The summed E-state index contributed by atoms with van der Waals surface area (Å²) in [5.41, 5.74) is 0.743. The molecule has 1 aromatic rings. The Hall–Kier alpha value is -1.17. The van der Waals surface area contributed by atoms with Gasteiger partial charge in [-0.25, -0.2) is 0 Å². The Balaban J connectivity index is 2.01. The molecule has 0 bridgehead atoms. The number of pyridine rings is 1. The maximum absolute atomic E-state index is 9.87. The number of halogens is 1. The first-order valence-corrected chi connectivity index (χ1v) is 7.25. The largest absolute Gasteiger partial charge is 0.389 e. The number of aliphatic hydroxyl groups is 1. The molecule has 2 N–H and O–H groups in total. The standard InChI is InChI=1S/C14H20ClN3O2/c1-10(19)13(12-3-2-6-17-9-12)20-18-14(15)11-4-7-16-8-5-11/h4-5,7-8,10,12-13,17,19H,2-3,6,9H2,1H3. The Labute approximate surface area is 124 Å². The van der Waals surface area contributed by atoms with Crippen molar-refractivity contribution in [1.29, 1.82) is 0 Å². The summed E-state index contributed by atoms with van der Waals surface area (Å²) in [7, 11) is 0. The van der Waals surface area contributed by atoms with E-state index in [4.69, 9.17) is 16.4 Å². The zero-order valence-electron chi connectivity index (χ0n) is 11.5. The van der Waals surface area contributed by atoms with E-state index in [1.165, 1.54) is 0 Å². The van der Waals surface area contributed by atoms with Crippen molar-refractivity contribution in [2.45, 2.75) is 32.0 Å². The van der Waals surface area contributed by atoms with Gasteiger partial charge in [-0.15, -0.1) is 0 Å². The first kappa shape index (κ1) is 15.2. The highest BCUT2D eigenvalue weighted by Gasteiger charge is 2.29. The molecule has 1 aliphatic rings. The highest BCUT2D eigenvalue weighted by molar-refractivity contribution is 6.69. The van der Waals surface area contributed by atoms with Crippen molar-refractivity contribution in [1.82, 2.24) is 10.3 Å². The molecule has 1 aromatic heterocycles. The number of nitrogens with one attached hydrogen (secondary N) is 1. The first-order valence-electron chi connectivity index (χ1n) is 6.87. The van der Waals surface area contributed by atoms with Gasteiger partial charge in [-0.1, -0.05) is 16.8 Å². The van der Waals surface area contributed by atoms with Gasteiger partial charge in [-0.2, -0.15) is 0 Å². The third-order valence-corrected chi connectivity index (χ3v) is 3.74. The van der Waals surface area contributed by atoms with Crippen LogP contribution in [0.2, 0.25) is 0 Å². The van der Waals surface area contributed by atoms with E-state index in [0.29, 0.717) is 0 Å². The molecule has 2 heterocycles. The van der Waals surface area contributed by atoms with Crippen LogP contribution in [-0.2, 0) is 4.84 Å². The Kier molecular flexibility index (Phi) is 5.76. The lowest BCUT2D eigenvalue weighted by Crippen LogP contribution is -2.42. The third kappa shape index (κ3) is 4.16. The zero-order chi connectivity index (χ0) is 14.4. The van der Waals surface area contributed by atoms with Crippen LogP contribution in [0.4, 0.5) is 0 Å². The van der Waals surface area contributed by atoms with Gasteiger partial charge in [-0.3, -0.25) is 4.98 Å². The second-order valence-corrected chi connectivity index (χ2v) is 5.39. The molecule has 0 amide bonds. The lowest BCUT2D eigenvalue weighted by molar-refractivity contribution is -0.0643. The normalized spacial score (nSPS) is 23.1. The molecular weight excluding hydrogens is 278 g/mol. The van der Waals surface area contributed by atoms with Crippen molar-refractivity contribution >= 4 is 16.8 Å². The third-order valence-electron chi connectivity index (χ3n) is 3.45. The summed E-state index contributed by atoms with van der Waals surface area (Å²) in [6.45, 7) is 3.57. The molecule has 1 saturated heterocycles. The molecule has 2 rings (SSSR count). The molecule has 6 heteroatoms. The van der Waals surface area contributed by atoms with Crippen LogP contribution in [-0.4, -0.2) is 40.6 Å². The summed E-state index contributed by atoms with van der Waals surface area (Å²) >= 11 is 6.09. The van der Waals surface area contributed by atoms with Gasteiger partial charge >= 0.3 is 0 Å². The van der Waals surface area contributed by atoms with Crippen molar-refractivity contribution in [3.8, 4) is 0 Å². The van der Waals surface area contributed by atoms with E-state index < -0.39 is 6.10 Å².